The Labute approximate surface area is 93.1 Å². The van der Waals surface area contributed by atoms with Crippen molar-refractivity contribution >= 4 is 22.8 Å². The van der Waals surface area contributed by atoms with E-state index in [0.29, 0.717) is 6.04 Å². The topological polar surface area (TPSA) is 33.2 Å². The van der Waals surface area contributed by atoms with Crippen molar-refractivity contribution in [1.29, 1.82) is 0 Å². The third-order valence-electron chi connectivity index (χ3n) is 3.01. The van der Waals surface area contributed by atoms with Crippen molar-refractivity contribution in [2.45, 2.75) is 31.7 Å². The van der Waals surface area contributed by atoms with Crippen LogP contribution in [-0.4, -0.2) is 23.9 Å². The van der Waals surface area contributed by atoms with Gasteiger partial charge in [-0.25, -0.2) is 4.98 Å². The van der Waals surface area contributed by atoms with E-state index in [9.17, 15) is 4.79 Å². The summed E-state index contributed by atoms with van der Waals surface area (Å²) in [5.41, 5.74) is 0. The molecule has 0 saturated heterocycles. The molecule has 80 valence electrons. The number of aromatic nitrogens is 1. The quantitative estimate of drug-likeness (QED) is 0.717. The molecule has 3 rings (SSSR count). The highest BCUT2D eigenvalue weighted by atomic mass is 32.1. The van der Waals surface area contributed by atoms with E-state index >= 15 is 0 Å². The molecule has 1 aromatic rings. The summed E-state index contributed by atoms with van der Waals surface area (Å²) >= 11 is 1.53. The highest BCUT2D eigenvalue weighted by Crippen LogP contribution is 2.38. The van der Waals surface area contributed by atoms with Crippen molar-refractivity contribution in [3.8, 4) is 0 Å². The molecule has 0 aromatic carbocycles. The van der Waals surface area contributed by atoms with E-state index in [1.165, 1.54) is 37.0 Å². The number of nitrogens with zero attached hydrogens (tertiary/aromatic N) is 2. The summed E-state index contributed by atoms with van der Waals surface area (Å²) in [6, 6.07) is 0.705. The van der Waals surface area contributed by atoms with Gasteiger partial charge in [0.15, 0.2) is 11.4 Å². The van der Waals surface area contributed by atoms with Gasteiger partial charge in [-0.05, 0) is 31.6 Å². The van der Waals surface area contributed by atoms with Crippen molar-refractivity contribution < 1.29 is 4.79 Å². The molecule has 1 heterocycles. The standard InChI is InChI=1S/C11H14N2OS/c14-7-10-5-12-11(15-10)13(9-3-4-9)6-8-1-2-8/h5,7-9H,1-4,6H2. The SMILES string of the molecule is O=Cc1cnc(N(CC2CC2)C2CC2)s1. The lowest BCUT2D eigenvalue weighted by Crippen LogP contribution is -2.27. The normalized spacial score (nSPS) is 20.3. The predicted molar refractivity (Wildman–Crippen MR) is 60.6 cm³/mol. The Morgan fingerprint density at radius 2 is 2.27 bits per heavy atom. The minimum atomic E-state index is 0.705. The zero-order valence-corrected chi connectivity index (χ0v) is 9.37. The van der Waals surface area contributed by atoms with Crippen molar-refractivity contribution in [3.05, 3.63) is 11.1 Å². The predicted octanol–water partition coefficient (Wildman–Crippen LogP) is 2.33. The number of anilines is 1. The third-order valence-corrected chi connectivity index (χ3v) is 3.97. The second kappa shape index (κ2) is 3.59. The van der Waals surface area contributed by atoms with Crippen LogP contribution in [0, 0.1) is 5.92 Å². The van der Waals surface area contributed by atoms with Crippen LogP contribution in [0.25, 0.3) is 0 Å². The molecule has 2 aliphatic carbocycles. The maximum absolute atomic E-state index is 10.6. The zero-order valence-electron chi connectivity index (χ0n) is 8.56. The molecule has 0 N–H and O–H groups in total. The van der Waals surface area contributed by atoms with Crippen LogP contribution in [0.4, 0.5) is 5.13 Å². The van der Waals surface area contributed by atoms with Crippen LogP contribution >= 0.6 is 11.3 Å². The van der Waals surface area contributed by atoms with Crippen LogP contribution in [-0.2, 0) is 0 Å². The Morgan fingerprint density at radius 3 is 2.80 bits per heavy atom. The average molecular weight is 222 g/mol. The first-order valence-electron chi connectivity index (χ1n) is 5.54. The Bertz CT molecular complexity index is 368. The number of carbonyl (C=O) groups is 1. The minimum absolute atomic E-state index is 0.705. The summed E-state index contributed by atoms with van der Waals surface area (Å²) in [5.74, 6) is 0.884. The number of aldehydes is 1. The van der Waals surface area contributed by atoms with E-state index in [2.05, 4.69) is 9.88 Å². The Hall–Kier alpha value is -0.900. The van der Waals surface area contributed by atoms with Crippen LogP contribution in [0.2, 0.25) is 0 Å². The van der Waals surface area contributed by atoms with Crippen LogP contribution in [0.5, 0.6) is 0 Å². The maximum atomic E-state index is 10.6. The fraction of sp³-hybridized carbons (Fsp3) is 0.636. The molecule has 2 aliphatic rings. The molecule has 0 bridgehead atoms. The molecule has 15 heavy (non-hydrogen) atoms. The molecular formula is C11H14N2OS. The lowest BCUT2D eigenvalue weighted by molar-refractivity contribution is 0.112. The van der Waals surface area contributed by atoms with Gasteiger partial charge in [-0.15, -0.1) is 0 Å². The molecule has 1 aromatic heterocycles. The first kappa shape index (κ1) is 9.33. The van der Waals surface area contributed by atoms with Crippen LogP contribution < -0.4 is 4.90 Å². The van der Waals surface area contributed by atoms with Gasteiger partial charge < -0.3 is 4.90 Å². The van der Waals surface area contributed by atoms with Crippen molar-refractivity contribution in [2.75, 3.05) is 11.4 Å². The summed E-state index contributed by atoms with van der Waals surface area (Å²) in [4.78, 5) is 18.1. The molecule has 0 amide bonds. The molecule has 0 spiro atoms. The lowest BCUT2D eigenvalue weighted by Gasteiger charge is -2.20. The maximum Gasteiger partial charge on any atom is 0.186 e. The molecule has 4 heteroatoms. The van der Waals surface area contributed by atoms with Gasteiger partial charge in [0.05, 0.1) is 11.1 Å². The Balaban J connectivity index is 1.76. The monoisotopic (exact) mass is 222 g/mol. The summed E-state index contributed by atoms with van der Waals surface area (Å²) in [6.45, 7) is 1.15. The number of carbonyl (C=O) groups excluding carboxylic acids is 1. The van der Waals surface area contributed by atoms with Gasteiger partial charge in [-0.2, -0.15) is 0 Å². The fourth-order valence-corrected chi connectivity index (χ4v) is 2.62. The first-order chi connectivity index (χ1) is 7.36. The zero-order chi connectivity index (χ0) is 10.3. The van der Waals surface area contributed by atoms with E-state index in [1.807, 2.05) is 0 Å². The number of hydrogen-bond donors (Lipinski definition) is 0. The van der Waals surface area contributed by atoms with Gasteiger partial charge >= 0.3 is 0 Å². The van der Waals surface area contributed by atoms with Crippen molar-refractivity contribution in [1.82, 2.24) is 4.98 Å². The Kier molecular flexibility index (Phi) is 2.24. The second-order valence-electron chi connectivity index (χ2n) is 4.49. The smallest absolute Gasteiger partial charge is 0.186 e. The van der Waals surface area contributed by atoms with Crippen molar-refractivity contribution in [3.63, 3.8) is 0 Å². The largest absolute Gasteiger partial charge is 0.345 e. The molecule has 2 fully saturated rings. The van der Waals surface area contributed by atoms with Crippen LogP contribution in [0.1, 0.15) is 35.4 Å². The minimum Gasteiger partial charge on any atom is -0.345 e. The van der Waals surface area contributed by atoms with Gasteiger partial charge in [0.1, 0.15) is 0 Å². The van der Waals surface area contributed by atoms with E-state index in [0.717, 1.165) is 28.8 Å². The second-order valence-corrected chi connectivity index (χ2v) is 5.53. The lowest BCUT2D eigenvalue weighted by atomic mass is 10.4. The first-order valence-corrected chi connectivity index (χ1v) is 6.36. The van der Waals surface area contributed by atoms with E-state index < -0.39 is 0 Å². The fourth-order valence-electron chi connectivity index (χ4n) is 1.81. The molecule has 0 atom stereocenters. The van der Waals surface area contributed by atoms with Gasteiger partial charge in [-0.3, -0.25) is 4.79 Å². The van der Waals surface area contributed by atoms with E-state index in [1.54, 1.807) is 6.20 Å². The average Bonchev–Trinajstić information content (AvgIpc) is 3.14. The molecule has 0 unspecified atom stereocenters. The van der Waals surface area contributed by atoms with E-state index in [-0.39, 0.29) is 0 Å². The molecule has 0 aliphatic heterocycles. The summed E-state index contributed by atoms with van der Waals surface area (Å²) < 4.78 is 0. The molecular weight excluding hydrogens is 208 g/mol. The third kappa shape index (κ3) is 2.04. The summed E-state index contributed by atoms with van der Waals surface area (Å²) in [5, 5.41) is 1.05. The summed E-state index contributed by atoms with van der Waals surface area (Å²) in [6.07, 6.45) is 7.91. The van der Waals surface area contributed by atoms with Gasteiger partial charge in [0.2, 0.25) is 0 Å². The highest BCUT2D eigenvalue weighted by molar-refractivity contribution is 7.17. The number of hydrogen-bond acceptors (Lipinski definition) is 4. The van der Waals surface area contributed by atoms with Crippen molar-refractivity contribution in [2.24, 2.45) is 5.92 Å². The van der Waals surface area contributed by atoms with Crippen LogP contribution in [0.3, 0.4) is 0 Å². The molecule has 3 nitrogen and oxygen atoms in total. The van der Waals surface area contributed by atoms with Gasteiger partial charge in [0, 0.05) is 12.6 Å². The number of thiazole rings is 1. The van der Waals surface area contributed by atoms with Crippen LogP contribution in [0.15, 0.2) is 6.20 Å². The van der Waals surface area contributed by atoms with E-state index in [4.69, 9.17) is 0 Å². The molecule has 2 saturated carbocycles. The Morgan fingerprint density at radius 1 is 1.47 bits per heavy atom. The summed E-state index contributed by atoms with van der Waals surface area (Å²) in [7, 11) is 0. The molecule has 0 radical (unpaired) electrons. The number of rotatable bonds is 5. The highest BCUT2D eigenvalue weighted by Gasteiger charge is 2.35. The van der Waals surface area contributed by atoms with Gasteiger partial charge in [-0.1, -0.05) is 11.3 Å². The van der Waals surface area contributed by atoms with Gasteiger partial charge in [0.25, 0.3) is 0 Å².